The molecule has 0 bridgehead atoms. The predicted molar refractivity (Wildman–Crippen MR) is 126 cm³/mol. The first kappa shape index (κ1) is 21.5. The lowest BCUT2D eigenvalue weighted by Gasteiger charge is -2.11. The molecule has 0 aliphatic rings. The van der Waals surface area contributed by atoms with Crippen molar-refractivity contribution in [3.05, 3.63) is 82.0 Å². The second-order valence-electron chi connectivity index (χ2n) is 8.32. The average Bonchev–Trinajstić information content (AvgIpc) is 3.18. The molecule has 0 aliphatic heterocycles. The number of fused-ring (bicyclic) bond motifs is 1. The van der Waals surface area contributed by atoms with Gasteiger partial charge in [-0.15, -0.1) is 0 Å². The molecular weight excluding hydrogens is 402 g/mol. The van der Waals surface area contributed by atoms with E-state index in [4.69, 9.17) is 0 Å². The lowest BCUT2D eigenvalue weighted by Crippen LogP contribution is -2.26. The smallest absolute Gasteiger partial charge is 0.264 e. The number of carbonyl (C=O) groups is 1. The predicted octanol–water partition coefficient (Wildman–Crippen LogP) is 4.35. The number of nitrogens with one attached hydrogen (secondary N) is 1. The molecule has 1 amide bonds. The summed E-state index contributed by atoms with van der Waals surface area (Å²) in [6, 6.07) is 15.7. The van der Waals surface area contributed by atoms with Gasteiger partial charge in [-0.1, -0.05) is 43.7 Å². The molecule has 0 radical (unpaired) electrons. The molecule has 2 aromatic carbocycles. The van der Waals surface area contributed by atoms with E-state index in [1.807, 2.05) is 55.5 Å². The number of aryl methyl sites for hydroxylation is 2. The van der Waals surface area contributed by atoms with Crippen LogP contribution in [0, 0.1) is 13.8 Å². The maximum Gasteiger partial charge on any atom is 0.264 e. The number of hydrogen-bond donors (Lipinski definition) is 1. The number of nitrogens with zero attached hydrogens (tertiary/aromatic N) is 4. The minimum Gasteiger partial charge on any atom is -0.326 e. The van der Waals surface area contributed by atoms with Gasteiger partial charge in [0, 0.05) is 18.7 Å². The van der Waals surface area contributed by atoms with Gasteiger partial charge in [-0.25, -0.2) is 9.67 Å². The largest absolute Gasteiger partial charge is 0.326 e. The van der Waals surface area contributed by atoms with Crippen LogP contribution < -0.4 is 10.9 Å². The zero-order valence-electron chi connectivity index (χ0n) is 18.8. The fourth-order valence-corrected chi connectivity index (χ4v) is 3.63. The zero-order chi connectivity index (χ0) is 22.8. The molecule has 0 saturated carbocycles. The molecule has 32 heavy (non-hydrogen) atoms. The van der Waals surface area contributed by atoms with E-state index < -0.39 is 0 Å². The maximum absolute atomic E-state index is 13.1. The van der Waals surface area contributed by atoms with Crippen molar-refractivity contribution in [2.75, 3.05) is 5.32 Å². The molecule has 7 heteroatoms. The highest BCUT2D eigenvalue weighted by molar-refractivity contribution is 5.90. The Balaban J connectivity index is 1.51. The van der Waals surface area contributed by atoms with E-state index in [1.165, 1.54) is 16.3 Å². The van der Waals surface area contributed by atoms with Gasteiger partial charge in [0.25, 0.3) is 5.56 Å². The molecule has 0 aliphatic carbocycles. The van der Waals surface area contributed by atoms with Crippen LogP contribution in [0.3, 0.4) is 0 Å². The first-order chi connectivity index (χ1) is 15.3. The van der Waals surface area contributed by atoms with Crippen molar-refractivity contribution < 1.29 is 4.79 Å². The topological polar surface area (TPSA) is 81.8 Å². The summed E-state index contributed by atoms with van der Waals surface area (Å²) in [6.45, 7) is 8.30. The molecule has 0 fully saturated rings. The van der Waals surface area contributed by atoms with E-state index in [2.05, 4.69) is 29.2 Å². The summed E-state index contributed by atoms with van der Waals surface area (Å²) in [5.74, 6) is 0.835. The lowest BCUT2D eigenvalue weighted by atomic mass is 10.0. The number of rotatable bonds is 6. The fraction of sp³-hybridized carbons (Fsp3) is 0.280. The van der Waals surface area contributed by atoms with Crippen LogP contribution in [0.15, 0.2) is 59.5 Å². The van der Waals surface area contributed by atoms with E-state index in [9.17, 15) is 9.59 Å². The summed E-state index contributed by atoms with van der Waals surface area (Å²) in [7, 11) is 0. The van der Waals surface area contributed by atoms with Crippen LogP contribution in [0.25, 0.3) is 16.7 Å². The highest BCUT2D eigenvalue weighted by atomic mass is 16.2. The Labute approximate surface area is 186 Å². The summed E-state index contributed by atoms with van der Waals surface area (Å²) in [6.07, 6.45) is 1.71. The summed E-state index contributed by atoms with van der Waals surface area (Å²) < 4.78 is 3.20. The van der Waals surface area contributed by atoms with Gasteiger partial charge < -0.3 is 5.32 Å². The van der Waals surface area contributed by atoms with Gasteiger partial charge in [0.2, 0.25) is 5.91 Å². The van der Waals surface area contributed by atoms with Gasteiger partial charge >= 0.3 is 0 Å². The SMILES string of the molecule is Cc1ccc(-n2ncc3c(=O)n(CCC(=O)Nc4ccc(C(C)C)cc4)c(C)nc32)cc1. The summed E-state index contributed by atoms with van der Waals surface area (Å²) in [5, 5.41) is 7.69. The van der Waals surface area contributed by atoms with E-state index in [0.717, 1.165) is 16.9 Å². The Morgan fingerprint density at radius 2 is 1.72 bits per heavy atom. The number of carbonyl (C=O) groups excluding carboxylic acids is 1. The van der Waals surface area contributed by atoms with E-state index in [-0.39, 0.29) is 24.4 Å². The Hall–Kier alpha value is -3.74. The van der Waals surface area contributed by atoms with Crippen molar-refractivity contribution in [1.29, 1.82) is 0 Å². The molecule has 7 nitrogen and oxygen atoms in total. The quantitative estimate of drug-likeness (QED) is 0.494. The molecular formula is C25H27N5O2. The standard InChI is InChI=1S/C25H27N5O2/c1-16(2)19-7-9-20(10-8-19)28-23(31)13-14-29-18(4)27-24-22(25(29)32)15-26-30(24)21-11-5-17(3)6-12-21/h5-12,15-16H,13-14H2,1-4H3,(H,28,31). The van der Waals surface area contributed by atoms with Gasteiger partial charge in [0.1, 0.15) is 11.2 Å². The van der Waals surface area contributed by atoms with Crippen LogP contribution in [0.5, 0.6) is 0 Å². The van der Waals surface area contributed by atoms with Crippen LogP contribution in [-0.4, -0.2) is 25.2 Å². The lowest BCUT2D eigenvalue weighted by molar-refractivity contribution is -0.116. The van der Waals surface area contributed by atoms with Crippen LogP contribution in [0.1, 0.15) is 43.1 Å². The first-order valence-corrected chi connectivity index (χ1v) is 10.8. The molecule has 0 unspecified atom stereocenters. The highest BCUT2D eigenvalue weighted by Crippen LogP contribution is 2.18. The van der Waals surface area contributed by atoms with Crippen LogP contribution in [0.4, 0.5) is 5.69 Å². The fourth-order valence-electron chi connectivity index (χ4n) is 3.63. The normalized spacial score (nSPS) is 11.3. The van der Waals surface area contributed by atoms with Crippen LogP contribution >= 0.6 is 0 Å². The third-order valence-corrected chi connectivity index (χ3v) is 5.58. The Morgan fingerprint density at radius 1 is 1.03 bits per heavy atom. The van der Waals surface area contributed by atoms with Crippen molar-refractivity contribution in [2.24, 2.45) is 0 Å². The molecule has 0 saturated heterocycles. The van der Waals surface area contributed by atoms with Gasteiger partial charge in [-0.3, -0.25) is 14.2 Å². The third kappa shape index (κ3) is 4.32. The number of hydrogen-bond acceptors (Lipinski definition) is 4. The Bertz CT molecular complexity index is 1320. The summed E-state index contributed by atoms with van der Waals surface area (Å²) in [5.41, 5.74) is 4.28. The van der Waals surface area contributed by atoms with Crippen molar-refractivity contribution in [2.45, 2.75) is 46.6 Å². The van der Waals surface area contributed by atoms with Crippen LogP contribution in [-0.2, 0) is 11.3 Å². The van der Waals surface area contributed by atoms with Gasteiger partial charge in [0.15, 0.2) is 5.65 Å². The Kier molecular flexibility index (Phi) is 5.90. The minimum absolute atomic E-state index is 0.149. The van der Waals surface area contributed by atoms with Crippen molar-refractivity contribution in [3.63, 3.8) is 0 Å². The molecule has 164 valence electrons. The Morgan fingerprint density at radius 3 is 2.38 bits per heavy atom. The maximum atomic E-state index is 13.1. The minimum atomic E-state index is -0.194. The first-order valence-electron chi connectivity index (χ1n) is 10.8. The zero-order valence-corrected chi connectivity index (χ0v) is 18.8. The molecule has 4 rings (SSSR count). The molecule has 0 spiro atoms. The van der Waals surface area contributed by atoms with Gasteiger partial charge in [-0.2, -0.15) is 5.10 Å². The van der Waals surface area contributed by atoms with E-state index in [1.54, 1.807) is 11.6 Å². The molecule has 2 heterocycles. The van der Waals surface area contributed by atoms with Gasteiger partial charge in [-0.05, 0) is 49.6 Å². The summed E-state index contributed by atoms with van der Waals surface area (Å²) >= 11 is 0. The second kappa shape index (κ2) is 8.78. The van der Waals surface area contributed by atoms with Crippen molar-refractivity contribution >= 4 is 22.6 Å². The number of benzene rings is 2. The van der Waals surface area contributed by atoms with Gasteiger partial charge in [0.05, 0.1) is 11.9 Å². The third-order valence-electron chi connectivity index (χ3n) is 5.58. The van der Waals surface area contributed by atoms with E-state index in [0.29, 0.717) is 22.8 Å². The van der Waals surface area contributed by atoms with Crippen molar-refractivity contribution in [3.8, 4) is 5.69 Å². The van der Waals surface area contributed by atoms with E-state index >= 15 is 0 Å². The number of anilines is 1. The highest BCUT2D eigenvalue weighted by Gasteiger charge is 2.15. The molecule has 2 aromatic heterocycles. The molecule has 4 aromatic rings. The molecule has 0 atom stereocenters. The van der Waals surface area contributed by atoms with Crippen molar-refractivity contribution in [1.82, 2.24) is 19.3 Å². The monoisotopic (exact) mass is 429 g/mol. The summed E-state index contributed by atoms with van der Waals surface area (Å²) in [4.78, 5) is 30.1. The number of aromatic nitrogens is 4. The number of amides is 1. The van der Waals surface area contributed by atoms with Crippen LogP contribution in [0.2, 0.25) is 0 Å². The average molecular weight is 430 g/mol. The second-order valence-corrected chi connectivity index (χ2v) is 8.32. The molecule has 1 N–H and O–H groups in total.